The summed E-state index contributed by atoms with van der Waals surface area (Å²) in [7, 11) is 2.94. The molecule has 5 nitrogen and oxygen atoms in total. The van der Waals surface area contributed by atoms with Gasteiger partial charge in [-0.05, 0) is 17.7 Å². The van der Waals surface area contributed by atoms with Crippen molar-refractivity contribution in [2.75, 3.05) is 27.4 Å². The summed E-state index contributed by atoms with van der Waals surface area (Å²) in [6.45, 7) is 1.01. The van der Waals surface area contributed by atoms with E-state index in [9.17, 15) is 4.79 Å². The third-order valence-corrected chi connectivity index (χ3v) is 3.38. The van der Waals surface area contributed by atoms with Gasteiger partial charge >= 0.3 is 5.97 Å². The molecule has 0 unspecified atom stereocenters. The lowest BCUT2D eigenvalue weighted by Crippen LogP contribution is -2.36. The molecule has 20 heavy (non-hydrogen) atoms. The SMILES string of the molecule is COC[C@H](CO)NCc1ccc(C(=O)OC)cc1Br.S. The zero-order valence-electron chi connectivity index (χ0n) is 11.5. The number of ether oxygens (including phenoxy) is 2. The van der Waals surface area contributed by atoms with Crippen LogP contribution in [0.4, 0.5) is 0 Å². The second-order valence-corrected chi connectivity index (χ2v) is 4.87. The minimum absolute atomic E-state index is 0. The van der Waals surface area contributed by atoms with Gasteiger partial charge in [-0.3, -0.25) is 0 Å². The van der Waals surface area contributed by atoms with Crippen molar-refractivity contribution in [2.45, 2.75) is 12.6 Å². The Morgan fingerprint density at radius 2 is 2.15 bits per heavy atom. The number of hydrogen-bond acceptors (Lipinski definition) is 5. The molecular formula is C13H20BrNO4S. The average molecular weight is 366 g/mol. The lowest BCUT2D eigenvalue weighted by Gasteiger charge is -2.16. The normalized spacial score (nSPS) is 11.6. The van der Waals surface area contributed by atoms with E-state index in [2.05, 4.69) is 26.0 Å². The summed E-state index contributed by atoms with van der Waals surface area (Å²) in [4.78, 5) is 11.4. The quantitative estimate of drug-likeness (QED) is 0.715. The van der Waals surface area contributed by atoms with Gasteiger partial charge in [-0.1, -0.05) is 22.0 Å². The number of methoxy groups -OCH3 is 2. The molecule has 0 spiro atoms. The van der Waals surface area contributed by atoms with Crippen LogP contribution in [-0.2, 0) is 16.0 Å². The average Bonchev–Trinajstić information content (AvgIpc) is 2.43. The fraction of sp³-hybridized carbons (Fsp3) is 0.462. The van der Waals surface area contributed by atoms with Crippen LogP contribution in [0.15, 0.2) is 22.7 Å². The van der Waals surface area contributed by atoms with E-state index in [1.165, 1.54) is 7.11 Å². The zero-order chi connectivity index (χ0) is 14.3. The van der Waals surface area contributed by atoms with E-state index in [-0.39, 0.29) is 32.1 Å². The third-order valence-electron chi connectivity index (χ3n) is 2.64. The van der Waals surface area contributed by atoms with Crippen molar-refractivity contribution >= 4 is 35.4 Å². The van der Waals surface area contributed by atoms with Crippen LogP contribution in [0.25, 0.3) is 0 Å². The number of hydrogen-bond donors (Lipinski definition) is 2. The van der Waals surface area contributed by atoms with Crippen LogP contribution < -0.4 is 5.32 Å². The van der Waals surface area contributed by atoms with Crippen LogP contribution in [0.1, 0.15) is 15.9 Å². The monoisotopic (exact) mass is 365 g/mol. The molecule has 0 radical (unpaired) electrons. The van der Waals surface area contributed by atoms with Crippen molar-refractivity contribution < 1.29 is 19.4 Å². The lowest BCUT2D eigenvalue weighted by atomic mass is 10.1. The van der Waals surface area contributed by atoms with Crippen LogP contribution in [-0.4, -0.2) is 44.6 Å². The van der Waals surface area contributed by atoms with Crippen molar-refractivity contribution in [3.63, 3.8) is 0 Å². The summed E-state index contributed by atoms with van der Waals surface area (Å²) < 4.78 is 10.5. The van der Waals surface area contributed by atoms with Gasteiger partial charge in [-0.15, -0.1) is 0 Å². The second-order valence-electron chi connectivity index (χ2n) is 4.01. The Hall–Kier alpha value is -0.600. The standard InChI is InChI=1S/C13H18BrNO4.H2S/c1-18-8-11(7-16)15-6-10-4-3-9(5-12(10)14)13(17)19-2;/h3-5,11,15-16H,6-8H2,1-2H3;1H2/t11-;/m0./s1. The molecule has 114 valence electrons. The highest BCUT2D eigenvalue weighted by molar-refractivity contribution is 9.10. The lowest BCUT2D eigenvalue weighted by molar-refractivity contribution is 0.0600. The Morgan fingerprint density at radius 3 is 2.65 bits per heavy atom. The maximum Gasteiger partial charge on any atom is 0.337 e. The first-order valence-corrected chi connectivity index (χ1v) is 6.61. The van der Waals surface area contributed by atoms with Gasteiger partial charge in [0.05, 0.1) is 31.9 Å². The minimum Gasteiger partial charge on any atom is -0.465 e. The molecule has 0 fully saturated rings. The van der Waals surface area contributed by atoms with Crippen molar-refractivity contribution in [1.82, 2.24) is 5.32 Å². The number of aliphatic hydroxyl groups is 1. The summed E-state index contributed by atoms with van der Waals surface area (Å²) in [5.41, 5.74) is 1.48. The van der Waals surface area contributed by atoms with Gasteiger partial charge in [-0.25, -0.2) is 4.79 Å². The summed E-state index contributed by atoms with van der Waals surface area (Å²) in [6.07, 6.45) is 0. The fourth-order valence-corrected chi connectivity index (χ4v) is 2.09. The Morgan fingerprint density at radius 1 is 1.45 bits per heavy atom. The summed E-state index contributed by atoms with van der Waals surface area (Å²) in [6, 6.07) is 5.15. The van der Waals surface area contributed by atoms with E-state index >= 15 is 0 Å². The molecule has 1 aromatic carbocycles. The van der Waals surface area contributed by atoms with E-state index in [1.54, 1.807) is 19.2 Å². The maximum atomic E-state index is 11.4. The summed E-state index contributed by atoms with van der Waals surface area (Å²) in [5, 5.41) is 12.3. The molecule has 0 aliphatic heterocycles. The number of esters is 1. The van der Waals surface area contributed by atoms with E-state index in [1.807, 2.05) is 6.07 Å². The zero-order valence-corrected chi connectivity index (χ0v) is 14.1. The smallest absolute Gasteiger partial charge is 0.337 e. The molecule has 1 atom stereocenters. The molecule has 2 N–H and O–H groups in total. The number of benzene rings is 1. The highest BCUT2D eigenvalue weighted by Gasteiger charge is 2.10. The minimum atomic E-state index is -0.368. The molecule has 0 aliphatic carbocycles. The molecule has 0 saturated carbocycles. The van der Waals surface area contributed by atoms with Crippen LogP contribution in [0.3, 0.4) is 0 Å². The highest BCUT2D eigenvalue weighted by Crippen LogP contribution is 2.19. The molecule has 0 aromatic heterocycles. The first-order chi connectivity index (χ1) is 9.12. The Labute approximate surface area is 134 Å². The molecule has 7 heteroatoms. The molecule has 0 bridgehead atoms. The summed E-state index contributed by atoms with van der Waals surface area (Å²) >= 11 is 3.41. The second kappa shape index (κ2) is 10.2. The maximum absolute atomic E-state index is 11.4. The van der Waals surface area contributed by atoms with Gasteiger partial charge in [0.1, 0.15) is 0 Å². The van der Waals surface area contributed by atoms with Gasteiger partial charge in [0.25, 0.3) is 0 Å². The fourth-order valence-electron chi connectivity index (χ4n) is 1.57. The predicted octanol–water partition coefficient (Wildman–Crippen LogP) is 1.45. The highest BCUT2D eigenvalue weighted by atomic mass is 79.9. The Balaban J connectivity index is 0.00000361. The van der Waals surface area contributed by atoms with Crippen LogP contribution in [0.2, 0.25) is 0 Å². The van der Waals surface area contributed by atoms with Crippen LogP contribution in [0, 0.1) is 0 Å². The van der Waals surface area contributed by atoms with Crippen molar-refractivity contribution in [1.29, 1.82) is 0 Å². The molecular weight excluding hydrogens is 346 g/mol. The summed E-state index contributed by atoms with van der Waals surface area (Å²) in [5.74, 6) is -0.368. The van der Waals surface area contributed by atoms with E-state index < -0.39 is 0 Å². The Kier molecular flexibility index (Phi) is 9.87. The number of rotatable bonds is 7. The molecule has 0 saturated heterocycles. The number of aliphatic hydroxyl groups excluding tert-OH is 1. The molecule has 0 aliphatic rings. The van der Waals surface area contributed by atoms with Crippen LogP contribution >= 0.6 is 29.4 Å². The van der Waals surface area contributed by atoms with Gasteiger partial charge < -0.3 is 19.9 Å². The van der Waals surface area contributed by atoms with E-state index in [4.69, 9.17) is 9.84 Å². The number of halogens is 1. The Bertz CT molecular complexity index is 431. The third kappa shape index (κ3) is 5.80. The first-order valence-electron chi connectivity index (χ1n) is 5.82. The van der Waals surface area contributed by atoms with Crippen molar-refractivity contribution in [3.05, 3.63) is 33.8 Å². The molecule has 0 heterocycles. The molecule has 1 rings (SSSR count). The van der Waals surface area contributed by atoms with Crippen molar-refractivity contribution in [3.8, 4) is 0 Å². The molecule has 1 aromatic rings. The van der Waals surface area contributed by atoms with Gasteiger partial charge in [-0.2, -0.15) is 13.5 Å². The number of carbonyl (C=O) groups is 1. The predicted molar refractivity (Wildman–Crippen MR) is 85.5 cm³/mol. The van der Waals surface area contributed by atoms with E-state index in [0.717, 1.165) is 10.0 Å². The number of carbonyl (C=O) groups excluding carboxylic acids is 1. The first kappa shape index (κ1) is 19.4. The van der Waals surface area contributed by atoms with Gasteiger partial charge in [0.15, 0.2) is 0 Å². The van der Waals surface area contributed by atoms with Crippen molar-refractivity contribution in [2.24, 2.45) is 0 Å². The van der Waals surface area contributed by atoms with Gasteiger partial charge in [0.2, 0.25) is 0 Å². The largest absolute Gasteiger partial charge is 0.465 e. The topological polar surface area (TPSA) is 67.8 Å². The molecule has 0 amide bonds. The van der Waals surface area contributed by atoms with Crippen LogP contribution in [0.5, 0.6) is 0 Å². The van der Waals surface area contributed by atoms with E-state index in [0.29, 0.717) is 18.7 Å². The van der Waals surface area contributed by atoms with Gasteiger partial charge in [0, 0.05) is 18.1 Å². The number of nitrogens with one attached hydrogen (secondary N) is 1.